The second-order valence-electron chi connectivity index (χ2n) is 9.23. The van der Waals surface area contributed by atoms with Crippen LogP contribution in [-0.2, 0) is 51.4 Å². The Bertz CT molecular complexity index is 1150. The molecule has 41 heavy (non-hydrogen) atoms. The summed E-state index contributed by atoms with van der Waals surface area (Å²) in [6.45, 7) is 4.69. The molecular weight excluding hydrogens is 532 g/mol. The molecule has 0 spiro atoms. The molecule has 222 valence electrons. The Kier molecular flexibility index (Phi) is 14.0. The van der Waals surface area contributed by atoms with Crippen LogP contribution in [0, 0.1) is 0 Å². The lowest BCUT2D eigenvalue weighted by molar-refractivity contribution is -0.148. The largest absolute Gasteiger partial charge is 0.464 e. The number of benzene rings is 2. The Balaban J connectivity index is 1.95. The number of carbonyl (C=O) groups excluding carboxylic acids is 5. The van der Waals surface area contributed by atoms with Crippen molar-refractivity contribution < 1.29 is 38.2 Å². The van der Waals surface area contributed by atoms with Crippen molar-refractivity contribution in [3.8, 4) is 0 Å². The first kappa shape index (κ1) is 32.9. The van der Waals surface area contributed by atoms with Gasteiger partial charge in [0.25, 0.3) is 0 Å². The molecule has 3 amide bonds. The molecule has 0 radical (unpaired) electrons. The zero-order chi connectivity index (χ0) is 30.2. The van der Waals surface area contributed by atoms with Gasteiger partial charge in [-0.05, 0) is 31.9 Å². The fourth-order valence-corrected chi connectivity index (χ4v) is 3.45. The molecule has 12 heteroatoms. The van der Waals surface area contributed by atoms with Crippen LogP contribution < -0.4 is 21.7 Å². The standard InChI is InChI=1S/C29H38N4O8/c1-4-40-29(38)20(3)32-28(37)24(15-25(34)41-17-22-13-9-6-10-14-22)33-26(35)19(2)31-27(36)23(30)18-39-16-21-11-7-5-8-12-21/h5-14,19-20,23-24H,4,15-18,30H2,1-3H3,(H,31,36)(H,32,37)(H,33,35)/t19-,20-,23-,24+/m1/s1. The Hall–Kier alpha value is -4.29. The van der Waals surface area contributed by atoms with Gasteiger partial charge >= 0.3 is 11.9 Å². The summed E-state index contributed by atoms with van der Waals surface area (Å²) in [5.74, 6) is -3.63. The number of nitrogens with one attached hydrogen (secondary N) is 3. The third-order valence-corrected chi connectivity index (χ3v) is 5.74. The van der Waals surface area contributed by atoms with Crippen molar-refractivity contribution in [2.75, 3.05) is 13.2 Å². The predicted octanol–water partition coefficient (Wildman–Crippen LogP) is 0.721. The lowest BCUT2D eigenvalue weighted by Gasteiger charge is -2.23. The van der Waals surface area contributed by atoms with Crippen LogP contribution in [0.4, 0.5) is 0 Å². The maximum absolute atomic E-state index is 12.9. The Morgan fingerprint density at radius 3 is 1.88 bits per heavy atom. The van der Waals surface area contributed by atoms with Crippen LogP contribution in [0.15, 0.2) is 60.7 Å². The van der Waals surface area contributed by atoms with E-state index in [0.717, 1.165) is 11.1 Å². The molecule has 0 aliphatic rings. The van der Waals surface area contributed by atoms with E-state index in [4.69, 9.17) is 19.9 Å². The van der Waals surface area contributed by atoms with Crippen molar-refractivity contribution >= 4 is 29.7 Å². The average molecular weight is 571 g/mol. The normalized spacial score (nSPS) is 13.6. The van der Waals surface area contributed by atoms with Gasteiger partial charge < -0.3 is 35.9 Å². The SMILES string of the molecule is CCOC(=O)[C@@H](C)NC(=O)[C@H](CC(=O)OCc1ccccc1)NC(=O)[C@@H](C)NC(=O)[C@H](N)COCc1ccccc1. The molecule has 0 saturated heterocycles. The number of ether oxygens (including phenoxy) is 3. The second kappa shape index (κ2) is 17.4. The highest BCUT2D eigenvalue weighted by Gasteiger charge is 2.30. The number of carbonyl (C=O) groups is 5. The fourth-order valence-electron chi connectivity index (χ4n) is 3.45. The van der Waals surface area contributed by atoms with Gasteiger partial charge in [0.1, 0.15) is 30.8 Å². The molecule has 12 nitrogen and oxygen atoms in total. The molecule has 0 heterocycles. The molecule has 2 aromatic rings. The van der Waals surface area contributed by atoms with E-state index in [0.29, 0.717) is 0 Å². The summed E-state index contributed by atoms with van der Waals surface area (Å²) in [5, 5.41) is 7.33. The summed E-state index contributed by atoms with van der Waals surface area (Å²) >= 11 is 0. The maximum atomic E-state index is 12.9. The monoisotopic (exact) mass is 570 g/mol. The highest BCUT2D eigenvalue weighted by Crippen LogP contribution is 2.05. The molecular formula is C29H38N4O8. The van der Waals surface area contributed by atoms with Crippen molar-refractivity contribution in [3.63, 3.8) is 0 Å². The van der Waals surface area contributed by atoms with Crippen molar-refractivity contribution in [3.05, 3.63) is 71.8 Å². The van der Waals surface area contributed by atoms with Gasteiger partial charge in [0.2, 0.25) is 17.7 Å². The van der Waals surface area contributed by atoms with Gasteiger partial charge in [-0.2, -0.15) is 0 Å². The number of nitrogens with two attached hydrogens (primary N) is 1. The number of esters is 2. The van der Waals surface area contributed by atoms with Crippen LogP contribution in [0.2, 0.25) is 0 Å². The van der Waals surface area contributed by atoms with Crippen LogP contribution in [0.3, 0.4) is 0 Å². The Morgan fingerprint density at radius 2 is 1.29 bits per heavy atom. The van der Waals surface area contributed by atoms with Crippen molar-refractivity contribution in [2.24, 2.45) is 5.73 Å². The first-order valence-corrected chi connectivity index (χ1v) is 13.2. The van der Waals surface area contributed by atoms with Crippen LogP contribution in [0.5, 0.6) is 0 Å². The Labute approximate surface area is 239 Å². The second-order valence-corrected chi connectivity index (χ2v) is 9.23. The minimum atomic E-state index is -1.40. The summed E-state index contributed by atoms with van der Waals surface area (Å²) in [4.78, 5) is 62.8. The summed E-state index contributed by atoms with van der Waals surface area (Å²) < 4.78 is 15.6. The zero-order valence-corrected chi connectivity index (χ0v) is 23.5. The number of hydrogen-bond acceptors (Lipinski definition) is 9. The molecule has 0 unspecified atom stereocenters. The lowest BCUT2D eigenvalue weighted by Crippen LogP contribution is -2.57. The van der Waals surface area contributed by atoms with E-state index < -0.39 is 60.2 Å². The highest BCUT2D eigenvalue weighted by molar-refractivity contribution is 5.95. The van der Waals surface area contributed by atoms with E-state index in [2.05, 4.69) is 16.0 Å². The molecule has 2 rings (SSSR count). The minimum Gasteiger partial charge on any atom is -0.464 e. The molecule has 0 aliphatic carbocycles. The maximum Gasteiger partial charge on any atom is 0.328 e. The molecule has 2 aromatic carbocycles. The van der Waals surface area contributed by atoms with Crippen LogP contribution in [0.25, 0.3) is 0 Å². The molecule has 0 fully saturated rings. The van der Waals surface area contributed by atoms with Crippen LogP contribution in [0.1, 0.15) is 38.3 Å². The van der Waals surface area contributed by atoms with E-state index in [1.165, 1.54) is 13.8 Å². The molecule has 4 atom stereocenters. The van der Waals surface area contributed by atoms with Gasteiger partial charge in [0.05, 0.1) is 26.2 Å². The van der Waals surface area contributed by atoms with Gasteiger partial charge in [-0.25, -0.2) is 4.79 Å². The quantitative estimate of drug-likeness (QED) is 0.212. The first-order valence-electron chi connectivity index (χ1n) is 13.2. The van der Waals surface area contributed by atoms with E-state index in [1.807, 2.05) is 36.4 Å². The topological polar surface area (TPSA) is 175 Å². The number of rotatable bonds is 16. The summed E-state index contributed by atoms with van der Waals surface area (Å²) in [5.41, 5.74) is 7.55. The Morgan fingerprint density at radius 1 is 0.732 bits per heavy atom. The van der Waals surface area contributed by atoms with Gasteiger partial charge in [-0.15, -0.1) is 0 Å². The van der Waals surface area contributed by atoms with Gasteiger partial charge in [0.15, 0.2) is 0 Å². The summed E-state index contributed by atoms with van der Waals surface area (Å²) in [6.07, 6.45) is -0.520. The van der Waals surface area contributed by atoms with Crippen molar-refractivity contribution in [1.29, 1.82) is 0 Å². The number of amides is 3. The number of hydrogen-bond donors (Lipinski definition) is 4. The molecule has 0 aromatic heterocycles. The molecule has 0 saturated carbocycles. The van der Waals surface area contributed by atoms with E-state index in [9.17, 15) is 24.0 Å². The van der Waals surface area contributed by atoms with E-state index in [-0.39, 0.29) is 26.4 Å². The van der Waals surface area contributed by atoms with Crippen molar-refractivity contribution in [1.82, 2.24) is 16.0 Å². The van der Waals surface area contributed by atoms with Crippen LogP contribution in [-0.4, -0.2) is 67.0 Å². The highest BCUT2D eigenvalue weighted by atomic mass is 16.5. The molecule has 5 N–H and O–H groups in total. The zero-order valence-electron chi connectivity index (χ0n) is 23.5. The van der Waals surface area contributed by atoms with E-state index >= 15 is 0 Å². The molecule has 0 bridgehead atoms. The summed E-state index contributed by atoms with van der Waals surface area (Å²) in [7, 11) is 0. The molecule has 0 aliphatic heterocycles. The van der Waals surface area contributed by atoms with Gasteiger partial charge in [-0.3, -0.25) is 19.2 Å². The third kappa shape index (κ3) is 12.2. The lowest BCUT2D eigenvalue weighted by atomic mass is 10.1. The minimum absolute atomic E-state index is 0.0299. The summed E-state index contributed by atoms with van der Waals surface area (Å²) in [6, 6.07) is 13.7. The van der Waals surface area contributed by atoms with Crippen LogP contribution >= 0.6 is 0 Å². The van der Waals surface area contributed by atoms with E-state index in [1.54, 1.807) is 31.2 Å². The van der Waals surface area contributed by atoms with Gasteiger partial charge in [0, 0.05) is 0 Å². The first-order chi connectivity index (χ1) is 19.6. The van der Waals surface area contributed by atoms with Gasteiger partial charge in [-0.1, -0.05) is 60.7 Å². The smallest absolute Gasteiger partial charge is 0.328 e. The average Bonchev–Trinajstić information content (AvgIpc) is 2.96. The van der Waals surface area contributed by atoms with Crippen molar-refractivity contribution in [2.45, 2.75) is 64.6 Å². The third-order valence-electron chi connectivity index (χ3n) is 5.74. The predicted molar refractivity (Wildman–Crippen MR) is 149 cm³/mol. The fraction of sp³-hybridized carbons (Fsp3) is 0.414.